The fourth-order valence-corrected chi connectivity index (χ4v) is 17.0. The molecule has 0 fully saturated rings. The predicted octanol–water partition coefficient (Wildman–Crippen LogP) is 2.60. The normalized spacial score (nSPS) is 12.2. The van der Waals surface area contributed by atoms with Gasteiger partial charge in [-0.15, -0.1) is 0 Å². The van der Waals surface area contributed by atoms with Gasteiger partial charge in [0.1, 0.15) is 23.2 Å². The number of amides is 8. The minimum atomic E-state index is -4.37. The fourth-order valence-electron chi connectivity index (χ4n) is 13.7. The summed E-state index contributed by atoms with van der Waals surface area (Å²) in [5, 5.41) is 48.1. The van der Waals surface area contributed by atoms with E-state index in [9.17, 15) is 84.6 Å². The first kappa shape index (κ1) is 97.2. The Morgan fingerprint density at radius 2 is 0.798 bits per heavy atom. The zero-order chi connectivity index (χ0) is 90.0. The van der Waals surface area contributed by atoms with Crippen LogP contribution in [0.15, 0.2) is 117 Å². The second-order valence-electron chi connectivity index (χ2n) is 29.8. The number of H-pyrrole nitrogens is 2. The number of anilines is 2. The van der Waals surface area contributed by atoms with Crippen LogP contribution in [-0.2, 0) is 94.1 Å². The van der Waals surface area contributed by atoms with E-state index < -0.39 is 91.8 Å². The van der Waals surface area contributed by atoms with Gasteiger partial charge in [0.05, 0.1) is 26.9 Å². The smallest absolute Gasteiger partial charge is 0.323 e. The van der Waals surface area contributed by atoms with Gasteiger partial charge in [0.25, 0.3) is 11.8 Å². The molecule has 0 aliphatic rings. The molecule has 4 aromatic carbocycles. The average Bonchev–Trinajstić information content (AvgIpc) is 1.04. The van der Waals surface area contributed by atoms with Crippen molar-refractivity contribution in [1.29, 1.82) is 0 Å². The molecule has 3 atom stereocenters. The molecule has 670 valence electrons. The van der Waals surface area contributed by atoms with E-state index >= 15 is 0 Å². The van der Waals surface area contributed by atoms with Crippen LogP contribution in [0.4, 0.5) is 11.9 Å². The van der Waals surface area contributed by atoms with Crippen LogP contribution < -0.4 is 79.2 Å². The lowest BCUT2D eigenvalue weighted by molar-refractivity contribution is -0.139. The Kier molecular flexibility index (Phi) is 37.6. The molecule has 18 N–H and O–H groups in total. The number of sulfonamides is 2. The number of ether oxygens (including phenoxy) is 2. The van der Waals surface area contributed by atoms with E-state index in [0.29, 0.717) is 136 Å². The Balaban J connectivity index is 0.631. The Morgan fingerprint density at radius 1 is 0.460 bits per heavy atom. The minimum absolute atomic E-state index is 0.0227. The van der Waals surface area contributed by atoms with E-state index in [2.05, 4.69) is 82.5 Å². The Bertz CT molecular complexity index is 5400. The summed E-state index contributed by atoms with van der Waals surface area (Å²) < 4.78 is 72.8. The number of imidazole rings is 2. The number of aromatic nitrogens is 6. The molecule has 0 spiro atoms. The molecule has 0 aliphatic carbocycles. The number of nitrogens with one attached hydrogen (secondary N) is 14. The number of carbonyl (C=O) groups excluding carboxylic acids is 8. The SMILES string of the molecule is Cc1cc(C)c(S(=O)(=O)NC(CNC(=O)c2cn(CCCNC(=O)CCC(=O)NCCCOCCCNC(=O)CCC(N)C(=O)NCCCOCCCNC(=O)CCC(=O)NCCCn3cc(C(=O)NCC(NS(=O)(=O)c4c(C)cc(C)cc4C)C(=O)O)c(=O)c4ccc(CNc5ncc[nH]5)cc43)c3cc(CNc4ncc[nH]4)ccc3c2=O)C(=O)O)c(C)c1. The third-order valence-electron chi connectivity index (χ3n) is 19.7. The van der Waals surface area contributed by atoms with Crippen molar-refractivity contribution in [2.75, 3.05) is 89.4 Å². The Hall–Kier alpha value is -12.3. The molecule has 41 heteroatoms. The number of rotatable bonds is 54. The fraction of sp³-hybridized carbons (Fsp3) is 0.446. The summed E-state index contributed by atoms with van der Waals surface area (Å²) in [5.74, 6) is -6.14. The lowest BCUT2D eigenvalue weighted by atomic mass is 10.1. The monoisotopic (exact) mass is 1760 g/mol. The van der Waals surface area contributed by atoms with Crippen LogP contribution in [-0.4, -0.2) is 212 Å². The molecular formula is C83H111N19O20S2. The van der Waals surface area contributed by atoms with Crippen LogP contribution >= 0.6 is 0 Å². The highest BCUT2D eigenvalue weighted by atomic mass is 32.2. The largest absolute Gasteiger partial charge is 0.480 e. The van der Waals surface area contributed by atoms with Gasteiger partial charge in [-0.1, -0.05) is 47.5 Å². The third-order valence-corrected chi connectivity index (χ3v) is 23.2. The van der Waals surface area contributed by atoms with Crippen LogP contribution in [0.2, 0.25) is 0 Å². The second-order valence-corrected chi connectivity index (χ2v) is 33.1. The molecule has 0 saturated carbocycles. The highest BCUT2D eigenvalue weighted by Crippen LogP contribution is 2.25. The maximum Gasteiger partial charge on any atom is 0.323 e. The summed E-state index contributed by atoms with van der Waals surface area (Å²) in [6.45, 7) is 12.4. The number of aliphatic carboxylic acids is 2. The lowest BCUT2D eigenvalue weighted by Crippen LogP contribution is -2.49. The summed E-state index contributed by atoms with van der Waals surface area (Å²) >= 11 is 0. The summed E-state index contributed by atoms with van der Waals surface area (Å²) in [7, 11) is -8.74. The molecule has 0 saturated heterocycles. The van der Waals surface area contributed by atoms with Gasteiger partial charge in [-0.25, -0.2) is 26.8 Å². The van der Waals surface area contributed by atoms with Crippen molar-refractivity contribution in [2.24, 2.45) is 5.73 Å². The molecule has 4 heterocycles. The van der Waals surface area contributed by atoms with E-state index in [1.165, 1.54) is 12.4 Å². The molecule has 0 bridgehead atoms. The zero-order valence-corrected chi connectivity index (χ0v) is 71.8. The molecule has 0 radical (unpaired) electrons. The topological polar surface area (TPSA) is 570 Å². The standard InChI is InChI=1S/C83H111N19O20S2/c1-51-39-53(3)75(54(4)40-51)123(117,118)99-64(80(113)114)47-95-77(110)61-49-101(66-43-57(13-15-59(66)73(61)108)45-97-82-91-29-30-92-82)33-7-23-85-69(104)19-21-71(106)88-26-10-36-121-35-9-25-87-68(103)18-17-63(84)79(112)90-28-12-38-122-37-11-27-89-72(107)22-20-70(105)86-24-8-34-102-50-62(74(109)60-16-14-58(44-67(60)102)46-98-83-93-31-32-94-83)78(111)96-48-65(81(115)116)100-124(119,120)76-55(5)41-52(2)42-56(76)6/h13-16,29-32,39-44,49-50,63-65,99-100H,7-12,17-28,33-38,45-48,84H2,1-6H3,(H,85,104)(H,86,105)(H,87,103)(H,88,106)(H,89,107)(H,90,112)(H,95,110)(H,96,111)(H,113,114)(H,115,116)(H2,91,92,97)(H2,93,94,98). The Morgan fingerprint density at radius 3 is 1.14 bits per heavy atom. The highest BCUT2D eigenvalue weighted by molar-refractivity contribution is 7.90. The number of nitrogens with two attached hydrogens (primary N) is 1. The first-order chi connectivity index (χ1) is 59.2. The number of carboxylic acid groups (broad SMARTS) is 2. The number of aromatic amines is 2. The maximum absolute atomic E-state index is 13.9. The molecule has 39 nitrogen and oxygen atoms in total. The van der Waals surface area contributed by atoms with Gasteiger partial charge in [-0.3, -0.25) is 57.5 Å². The quantitative estimate of drug-likeness (QED) is 0.0244. The van der Waals surface area contributed by atoms with Crippen LogP contribution in [0.1, 0.15) is 142 Å². The second kappa shape index (κ2) is 48.0. The van der Waals surface area contributed by atoms with E-state index in [1.807, 2.05) is 0 Å². The molecule has 8 amide bonds. The van der Waals surface area contributed by atoms with Gasteiger partial charge in [-0.05, 0) is 144 Å². The number of hydrogen-bond acceptors (Lipinski definition) is 23. The number of benzene rings is 4. The van der Waals surface area contributed by atoms with Crippen molar-refractivity contribution in [3.05, 3.63) is 174 Å². The first-order valence-electron chi connectivity index (χ1n) is 40.7. The first-order valence-corrected chi connectivity index (χ1v) is 43.7. The number of pyridine rings is 2. The van der Waals surface area contributed by atoms with Gasteiger partial charge >= 0.3 is 11.9 Å². The molecule has 124 heavy (non-hydrogen) atoms. The summed E-state index contributed by atoms with van der Waals surface area (Å²) in [6, 6.07) is 12.2. The molecular weight excluding hydrogens is 1650 g/mol. The predicted molar refractivity (Wildman–Crippen MR) is 461 cm³/mol. The molecule has 3 unspecified atom stereocenters. The third kappa shape index (κ3) is 30.3. The number of carbonyl (C=O) groups is 10. The molecule has 8 aromatic rings. The van der Waals surface area contributed by atoms with E-state index in [-0.39, 0.29) is 139 Å². The van der Waals surface area contributed by atoms with Crippen molar-refractivity contribution in [3.63, 3.8) is 0 Å². The zero-order valence-electron chi connectivity index (χ0n) is 70.2. The van der Waals surface area contributed by atoms with Gasteiger partial charge in [-0.2, -0.15) is 9.44 Å². The van der Waals surface area contributed by atoms with Crippen LogP contribution in [0, 0.1) is 41.5 Å². The van der Waals surface area contributed by atoms with Gasteiger partial charge in [0.2, 0.25) is 66.3 Å². The molecule has 4 aromatic heterocycles. The Labute approximate surface area is 716 Å². The maximum atomic E-state index is 13.9. The van der Waals surface area contributed by atoms with Gasteiger partial charge in [0, 0.05) is 185 Å². The van der Waals surface area contributed by atoms with E-state index in [4.69, 9.17) is 15.2 Å². The summed E-state index contributed by atoms with van der Waals surface area (Å²) in [5.41, 5.74) is 9.77. The van der Waals surface area contributed by atoms with E-state index in [1.54, 1.807) is 136 Å². The minimum Gasteiger partial charge on any atom is -0.480 e. The van der Waals surface area contributed by atoms with Crippen molar-refractivity contribution in [2.45, 2.75) is 173 Å². The van der Waals surface area contributed by atoms with Crippen LogP contribution in [0.3, 0.4) is 0 Å². The highest BCUT2D eigenvalue weighted by Gasteiger charge is 2.32. The van der Waals surface area contributed by atoms with Crippen molar-refractivity contribution in [1.82, 2.24) is 81.0 Å². The average molecular weight is 1760 g/mol. The molecule has 0 aliphatic heterocycles. The van der Waals surface area contributed by atoms with Crippen LogP contribution in [0.25, 0.3) is 21.8 Å². The van der Waals surface area contributed by atoms with Crippen molar-refractivity contribution >= 4 is 113 Å². The van der Waals surface area contributed by atoms with Gasteiger partial charge in [0.15, 0.2) is 11.9 Å². The van der Waals surface area contributed by atoms with Gasteiger partial charge < -0.3 is 97.7 Å². The van der Waals surface area contributed by atoms with Crippen molar-refractivity contribution in [3.8, 4) is 0 Å². The number of nitrogens with zero attached hydrogens (tertiary/aromatic N) is 4. The molecule has 8 rings (SSSR count). The summed E-state index contributed by atoms with van der Waals surface area (Å²) in [6.07, 6.45) is 11.5. The van der Waals surface area contributed by atoms with Crippen molar-refractivity contribution < 1.29 is 84.5 Å². The van der Waals surface area contributed by atoms with E-state index in [0.717, 1.165) is 22.3 Å². The number of carboxylic acids is 2. The van der Waals surface area contributed by atoms with Crippen LogP contribution in [0.5, 0.6) is 0 Å². The summed E-state index contributed by atoms with van der Waals surface area (Å²) in [4.78, 5) is 170. The number of hydrogen-bond donors (Lipinski definition) is 17. The lowest BCUT2D eigenvalue weighted by Gasteiger charge is -2.19. The number of fused-ring (bicyclic) bond motifs is 2. The number of aryl methyl sites for hydroxylation is 8.